The largest absolute Gasteiger partial charge is 0.497 e. The number of benzene rings is 2. The van der Waals surface area contributed by atoms with E-state index in [1.807, 2.05) is 19.2 Å². The van der Waals surface area contributed by atoms with E-state index in [2.05, 4.69) is 15.4 Å². The standard InChI is InChI=1S/C24H23FN4O3S/c1-14-19(12-23(30)26-20-10-9-18(31-3)11-22(20)32-4)15(2)29(28-14)24-27-21(13-33-24)16-5-7-17(25)8-6-16/h5-11,13H,12H2,1-4H3,(H,26,30). The van der Waals surface area contributed by atoms with Crippen LogP contribution in [0.4, 0.5) is 10.1 Å². The topological polar surface area (TPSA) is 78.3 Å². The van der Waals surface area contributed by atoms with Crippen molar-refractivity contribution < 1.29 is 18.7 Å². The number of ether oxygens (including phenoxy) is 2. The highest BCUT2D eigenvalue weighted by Crippen LogP contribution is 2.30. The number of methoxy groups -OCH3 is 2. The zero-order chi connectivity index (χ0) is 23.5. The van der Waals surface area contributed by atoms with Gasteiger partial charge in [0.2, 0.25) is 11.0 Å². The summed E-state index contributed by atoms with van der Waals surface area (Å²) >= 11 is 1.43. The normalized spacial score (nSPS) is 10.8. The van der Waals surface area contributed by atoms with Crippen LogP contribution in [0.15, 0.2) is 47.8 Å². The van der Waals surface area contributed by atoms with E-state index in [1.165, 1.54) is 30.6 Å². The molecule has 4 rings (SSSR count). The number of nitrogens with one attached hydrogen (secondary N) is 1. The van der Waals surface area contributed by atoms with Gasteiger partial charge in [-0.1, -0.05) is 0 Å². The third-order valence-electron chi connectivity index (χ3n) is 5.27. The molecule has 1 N–H and O–H groups in total. The molecule has 2 aromatic carbocycles. The Labute approximate surface area is 194 Å². The van der Waals surface area contributed by atoms with Crippen LogP contribution in [0.5, 0.6) is 11.5 Å². The van der Waals surface area contributed by atoms with E-state index < -0.39 is 0 Å². The summed E-state index contributed by atoms with van der Waals surface area (Å²) in [5.41, 5.74) is 4.56. The van der Waals surface area contributed by atoms with E-state index in [1.54, 1.807) is 42.1 Å². The number of nitrogens with zero attached hydrogens (tertiary/aromatic N) is 3. The SMILES string of the molecule is COc1ccc(NC(=O)Cc2c(C)nn(-c3nc(-c4ccc(F)cc4)cs3)c2C)c(OC)c1. The zero-order valence-electron chi connectivity index (χ0n) is 18.7. The van der Waals surface area contributed by atoms with Gasteiger partial charge in [0.05, 0.1) is 37.7 Å². The second-order valence-electron chi connectivity index (χ2n) is 7.37. The first-order chi connectivity index (χ1) is 15.9. The number of rotatable bonds is 7. The molecule has 0 aliphatic carbocycles. The maximum Gasteiger partial charge on any atom is 0.229 e. The van der Waals surface area contributed by atoms with Crippen LogP contribution >= 0.6 is 11.3 Å². The van der Waals surface area contributed by atoms with Gasteiger partial charge < -0.3 is 14.8 Å². The van der Waals surface area contributed by atoms with E-state index in [0.717, 1.165) is 28.2 Å². The lowest BCUT2D eigenvalue weighted by Gasteiger charge is -2.11. The highest BCUT2D eigenvalue weighted by Gasteiger charge is 2.19. The van der Waals surface area contributed by atoms with Crippen LogP contribution in [0.1, 0.15) is 17.0 Å². The molecule has 0 atom stereocenters. The predicted octanol–water partition coefficient (Wildman–Crippen LogP) is 4.95. The number of carbonyl (C=O) groups excluding carboxylic acids is 1. The van der Waals surface area contributed by atoms with Crippen molar-refractivity contribution in [2.24, 2.45) is 0 Å². The summed E-state index contributed by atoms with van der Waals surface area (Å²) in [5, 5.41) is 10.1. The van der Waals surface area contributed by atoms with Crippen LogP contribution < -0.4 is 14.8 Å². The number of amides is 1. The summed E-state index contributed by atoms with van der Waals surface area (Å²) in [5.74, 6) is 0.683. The Morgan fingerprint density at radius 3 is 2.58 bits per heavy atom. The number of aryl methyl sites for hydroxylation is 1. The van der Waals surface area contributed by atoms with E-state index in [4.69, 9.17) is 9.47 Å². The van der Waals surface area contributed by atoms with Gasteiger partial charge >= 0.3 is 0 Å². The number of aromatic nitrogens is 3. The summed E-state index contributed by atoms with van der Waals surface area (Å²) in [4.78, 5) is 17.4. The molecule has 2 heterocycles. The van der Waals surface area contributed by atoms with Gasteiger partial charge in [0.15, 0.2) is 0 Å². The highest BCUT2D eigenvalue weighted by molar-refractivity contribution is 7.12. The van der Waals surface area contributed by atoms with Crippen molar-refractivity contribution >= 4 is 22.9 Å². The number of carbonyl (C=O) groups is 1. The van der Waals surface area contributed by atoms with Crippen molar-refractivity contribution in [1.29, 1.82) is 0 Å². The van der Waals surface area contributed by atoms with Crippen LogP contribution in [0, 0.1) is 19.7 Å². The van der Waals surface area contributed by atoms with Gasteiger partial charge in [-0.2, -0.15) is 5.10 Å². The number of anilines is 1. The average Bonchev–Trinajstić information content (AvgIpc) is 3.40. The molecule has 0 aliphatic heterocycles. The maximum atomic E-state index is 13.2. The first-order valence-electron chi connectivity index (χ1n) is 10.2. The smallest absolute Gasteiger partial charge is 0.229 e. The van der Waals surface area contributed by atoms with Gasteiger partial charge in [-0.15, -0.1) is 11.3 Å². The summed E-state index contributed by atoms with van der Waals surface area (Å²) in [7, 11) is 3.11. The second-order valence-corrected chi connectivity index (χ2v) is 8.21. The fourth-order valence-corrected chi connectivity index (χ4v) is 4.32. The Bertz CT molecular complexity index is 1300. The van der Waals surface area contributed by atoms with Crippen molar-refractivity contribution in [3.05, 3.63) is 70.6 Å². The van der Waals surface area contributed by atoms with E-state index in [0.29, 0.717) is 22.3 Å². The fourth-order valence-electron chi connectivity index (χ4n) is 3.49. The number of thiazole rings is 1. The molecule has 7 nitrogen and oxygen atoms in total. The molecule has 0 saturated heterocycles. The maximum absolute atomic E-state index is 13.2. The molecule has 170 valence electrons. The first kappa shape index (κ1) is 22.5. The lowest BCUT2D eigenvalue weighted by atomic mass is 10.1. The van der Waals surface area contributed by atoms with Gasteiger partial charge in [-0.3, -0.25) is 4.79 Å². The zero-order valence-corrected chi connectivity index (χ0v) is 19.5. The highest BCUT2D eigenvalue weighted by atomic mass is 32.1. The van der Waals surface area contributed by atoms with E-state index >= 15 is 0 Å². The van der Waals surface area contributed by atoms with E-state index in [9.17, 15) is 9.18 Å². The summed E-state index contributed by atoms with van der Waals surface area (Å²) < 4.78 is 25.5. The summed E-state index contributed by atoms with van der Waals surface area (Å²) in [6.45, 7) is 3.78. The monoisotopic (exact) mass is 466 g/mol. The second kappa shape index (κ2) is 9.41. The number of hydrogen-bond acceptors (Lipinski definition) is 6. The first-order valence-corrected chi connectivity index (χ1v) is 11.1. The lowest BCUT2D eigenvalue weighted by molar-refractivity contribution is -0.115. The molecule has 4 aromatic rings. The van der Waals surface area contributed by atoms with Crippen LogP contribution in [-0.2, 0) is 11.2 Å². The molecule has 9 heteroatoms. The molecule has 0 saturated carbocycles. The Hall–Kier alpha value is -3.72. The van der Waals surface area contributed by atoms with Gasteiger partial charge in [-0.05, 0) is 50.2 Å². The minimum atomic E-state index is -0.289. The molecule has 2 aromatic heterocycles. The Balaban J connectivity index is 1.54. The molecule has 0 unspecified atom stereocenters. The average molecular weight is 467 g/mol. The van der Waals surface area contributed by atoms with Crippen LogP contribution in [0.25, 0.3) is 16.4 Å². The van der Waals surface area contributed by atoms with Crippen molar-refractivity contribution in [3.63, 3.8) is 0 Å². The van der Waals surface area contributed by atoms with Gasteiger partial charge in [0.1, 0.15) is 17.3 Å². The summed E-state index contributed by atoms with van der Waals surface area (Å²) in [6, 6.07) is 11.4. The fraction of sp³-hybridized carbons (Fsp3) is 0.208. The Morgan fingerprint density at radius 2 is 1.88 bits per heavy atom. The van der Waals surface area contributed by atoms with Crippen molar-refractivity contribution in [1.82, 2.24) is 14.8 Å². The third-order valence-corrected chi connectivity index (χ3v) is 6.09. The Kier molecular flexibility index (Phi) is 6.41. The minimum Gasteiger partial charge on any atom is -0.497 e. The molecule has 0 fully saturated rings. The van der Waals surface area contributed by atoms with Crippen molar-refractivity contribution in [2.75, 3.05) is 19.5 Å². The van der Waals surface area contributed by atoms with Crippen molar-refractivity contribution in [2.45, 2.75) is 20.3 Å². The van der Waals surface area contributed by atoms with Crippen molar-refractivity contribution in [3.8, 4) is 27.9 Å². The van der Waals surface area contributed by atoms with Crippen LogP contribution in [0.3, 0.4) is 0 Å². The molecule has 0 aliphatic rings. The number of hydrogen-bond donors (Lipinski definition) is 1. The molecule has 0 radical (unpaired) electrons. The molecule has 1 amide bonds. The van der Waals surface area contributed by atoms with Crippen LogP contribution in [0.2, 0.25) is 0 Å². The number of halogens is 1. The third kappa shape index (κ3) is 4.73. The summed E-state index contributed by atoms with van der Waals surface area (Å²) in [6.07, 6.45) is 0.156. The van der Waals surface area contributed by atoms with Gasteiger partial charge in [0.25, 0.3) is 0 Å². The molecular weight excluding hydrogens is 443 g/mol. The molecular formula is C24H23FN4O3S. The molecule has 33 heavy (non-hydrogen) atoms. The predicted molar refractivity (Wildman–Crippen MR) is 126 cm³/mol. The van der Waals surface area contributed by atoms with Gasteiger partial charge in [0, 0.05) is 28.3 Å². The molecule has 0 bridgehead atoms. The Morgan fingerprint density at radius 1 is 1.12 bits per heavy atom. The van der Waals surface area contributed by atoms with Crippen LogP contribution in [-0.4, -0.2) is 34.9 Å². The van der Waals surface area contributed by atoms with E-state index in [-0.39, 0.29) is 18.1 Å². The van der Waals surface area contributed by atoms with Gasteiger partial charge in [-0.25, -0.2) is 14.1 Å². The lowest BCUT2D eigenvalue weighted by Crippen LogP contribution is -2.16. The minimum absolute atomic E-state index is 0.156. The quantitative estimate of drug-likeness (QED) is 0.417. The molecule has 0 spiro atoms.